The molecule has 5 heteroatoms. The molecule has 0 amide bonds. The molecule has 0 aliphatic rings. The van der Waals surface area contributed by atoms with Crippen LogP contribution in [0.15, 0.2) is 54.6 Å². The first kappa shape index (κ1) is 16.2. The number of aromatic nitrogens is 2. The zero-order valence-corrected chi connectivity index (χ0v) is 13.7. The lowest BCUT2D eigenvalue weighted by Crippen LogP contribution is -2.18. The van der Waals surface area contributed by atoms with E-state index in [1.807, 2.05) is 43.4 Å². The molecule has 1 aromatic heterocycles. The Labute approximate surface area is 140 Å². The molecule has 1 heterocycles. The second-order valence-corrected chi connectivity index (χ2v) is 5.62. The van der Waals surface area contributed by atoms with Crippen LogP contribution in [0.25, 0.3) is 11.3 Å². The molecule has 2 N–H and O–H groups in total. The molecular formula is C19H20FN3O. The smallest absolute Gasteiger partial charge is 0.123 e. The topological polar surface area (TPSA) is 53.1 Å². The van der Waals surface area contributed by atoms with Gasteiger partial charge in [-0.25, -0.2) is 4.39 Å². The predicted octanol–water partition coefficient (Wildman–Crippen LogP) is 3.33. The van der Waals surface area contributed by atoms with E-state index < -0.39 is 0 Å². The van der Waals surface area contributed by atoms with E-state index in [9.17, 15) is 4.39 Å². The van der Waals surface area contributed by atoms with E-state index in [0.717, 1.165) is 22.5 Å². The number of nitrogens with two attached hydrogens (primary N) is 1. The zero-order chi connectivity index (χ0) is 17.1. The largest absolute Gasteiger partial charge is 0.496 e. The molecule has 1 atom stereocenters. The van der Waals surface area contributed by atoms with Crippen molar-refractivity contribution in [2.45, 2.75) is 5.92 Å². The Morgan fingerprint density at radius 1 is 1.17 bits per heavy atom. The highest BCUT2D eigenvalue weighted by atomic mass is 19.1. The number of hydrogen-bond acceptors (Lipinski definition) is 3. The molecule has 24 heavy (non-hydrogen) atoms. The summed E-state index contributed by atoms with van der Waals surface area (Å²) >= 11 is 0. The van der Waals surface area contributed by atoms with Crippen molar-refractivity contribution in [3.8, 4) is 17.0 Å². The van der Waals surface area contributed by atoms with Gasteiger partial charge in [0.1, 0.15) is 11.6 Å². The van der Waals surface area contributed by atoms with Crippen LogP contribution >= 0.6 is 0 Å². The molecule has 0 spiro atoms. The minimum Gasteiger partial charge on any atom is -0.496 e. The number of benzene rings is 2. The summed E-state index contributed by atoms with van der Waals surface area (Å²) in [4.78, 5) is 0. The van der Waals surface area contributed by atoms with E-state index in [2.05, 4.69) is 5.10 Å². The monoisotopic (exact) mass is 325 g/mol. The van der Waals surface area contributed by atoms with Crippen molar-refractivity contribution in [2.75, 3.05) is 13.7 Å². The Hall–Kier alpha value is -2.66. The fraction of sp³-hybridized carbons (Fsp3) is 0.211. The van der Waals surface area contributed by atoms with Crippen molar-refractivity contribution in [3.63, 3.8) is 0 Å². The molecule has 124 valence electrons. The Morgan fingerprint density at radius 3 is 2.58 bits per heavy atom. The highest BCUT2D eigenvalue weighted by Crippen LogP contribution is 2.33. The Kier molecular flexibility index (Phi) is 4.62. The molecule has 4 nitrogen and oxygen atoms in total. The molecule has 0 aliphatic heterocycles. The van der Waals surface area contributed by atoms with Crippen molar-refractivity contribution < 1.29 is 9.13 Å². The van der Waals surface area contributed by atoms with Gasteiger partial charge in [-0.3, -0.25) is 4.68 Å². The van der Waals surface area contributed by atoms with Gasteiger partial charge >= 0.3 is 0 Å². The molecular weight excluding hydrogens is 305 g/mol. The van der Waals surface area contributed by atoms with Gasteiger partial charge in [0.2, 0.25) is 0 Å². The van der Waals surface area contributed by atoms with E-state index in [-0.39, 0.29) is 11.7 Å². The van der Waals surface area contributed by atoms with Gasteiger partial charge in [0.15, 0.2) is 0 Å². The van der Waals surface area contributed by atoms with Crippen LogP contribution in [-0.2, 0) is 7.05 Å². The fourth-order valence-corrected chi connectivity index (χ4v) is 2.94. The number of halogens is 1. The maximum absolute atomic E-state index is 13.7. The van der Waals surface area contributed by atoms with Crippen molar-refractivity contribution >= 4 is 0 Å². The number of hydrogen-bond donors (Lipinski definition) is 1. The molecule has 3 aromatic rings. The van der Waals surface area contributed by atoms with E-state index in [4.69, 9.17) is 10.5 Å². The number of rotatable bonds is 5. The number of nitrogens with zero attached hydrogens (tertiary/aromatic N) is 2. The van der Waals surface area contributed by atoms with Gasteiger partial charge < -0.3 is 10.5 Å². The van der Waals surface area contributed by atoms with E-state index >= 15 is 0 Å². The van der Waals surface area contributed by atoms with E-state index in [0.29, 0.717) is 12.3 Å². The third-order valence-electron chi connectivity index (χ3n) is 4.15. The van der Waals surface area contributed by atoms with Gasteiger partial charge in [0.05, 0.1) is 12.8 Å². The van der Waals surface area contributed by atoms with E-state index in [1.165, 1.54) is 12.1 Å². The van der Waals surface area contributed by atoms with Gasteiger partial charge in [-0.15, -0.1) is 0 Å². The standard InChI is InChI=1S/C19H20FN3O/c1-23-18(11-17(22-23)13-6-4-3-5-7-13)16(12-21)15-10-14(20)8-9-19(15)24-2/h3-11,16H,12,21H2,1-2H3. The third kappa shape index (κ3) is 3.03. The maximum atomic E-state index is 13.7. The van der Waals surface area contributed by atoms with Crippen molar-refractivity contribution in [3.05, 3.63) is 71.7 Å². The van der Waals surface area contributed by atoms with Crippen LogP contribution in [0.3, 0.4) is 0 Å². The van der Waals surface area contributed by atoms with Crippen LogP contribution in [0.2, 0.25) is 0 Å². The third-order valence-corrected chi connectivity index (χ3v) is 4.15. The van der Waals surface area contributed by atoms with Gasteiger partial charge in [-0.1, -0.05) is 30.3 Å². The average Bonchev–Trinajstić information content (AvgIpc) is 2.98. The van der Waals surface area contributed by atoms with Crippen LogP contribution in [0, 0.1) is 5.82 Å². The minimum atomic E-state index is -0.310. The molecule has 2 aromatic carbocycles. The zero-order valence-electron chi connectivity index (χ0n) is 13.7. The van der Waals surface area contributed by atoms with Gasteiger partial charge in [-0.2, -0.15) is 5.10 Å². The first-order chi connectivity index (χ1) is 11.6. The summed E-state index contributed by atoms with van der Waals surface area (Å²) in [5.41, 5.74) is 9.54. The first-order valence-electron chi connectivity index (χ1n) is 7.77. The molecule has 1 unspecified atom stereocenters. The lowest BCUT2D eigenvalue weighted by atomic mass is 9.94. The van der Waals surface area contributed by atoms with Gasteiger partial charge in [-0.05, 0) is 24.3 Å². The Bertz CT molecular complexity index is 830. The van der Waals surface area contributed by atoms with Crippen LogP contribution in [0.1, 0.15) is 17.2 Å². The van der Waals surface area contributed by atoms with E-state index in [1.54, 1.807) is 17.9 Å². The quantitative estimate of drug-likeness (QED) is 0.783. The maximum Gasteiger partial charge on any atom is 0.123 e. The lowest BCUT2D eigenvalue weighted by Gasteiger charge is -2.18. The Balaban J connectivity index is 2.07. The molecule has 0 saturated carbocycles. The molecule has 0 radical (unpaired) electrons. The first-order valence-corrected chi connectivity index (χ1v) is 7.77. The number of ether oxygens (including phenoxy) is 1. The van der Waals surface area contributed by atoms with Crippen LogP contribution < -0.4 is 10.5 Å². The van der Waals surface area contributed by atoms with Gasteiger partial charge in [0, 0.05) is 36.3 Å². The fourth-order valence-electron chi connectivity index (χ4n) is 2.94. The molecule has 0 saturated heterocycles. The summed E-state index contributed by atoms with van der Waals surface area (Å²) in [5.74, 6) is 0.106. The predicted molar refractivity (Wildman–Crippen MR) is 92.5 cm³/mol. The second-order valence-electron chi connectivity index (χ2n) is 5.62. The molecule has 0 aliphatic carbocycles. The van der Waals surface area contributed by atoms with Crippen molar-refractivity contribution in [2.24, 2.45) is 12.8 Å². The summed E-state index contributed by atoms with van der Waals surface area (Å²) in [5, 5.41) is 4.58. The molecule has 0 bridgehead atoms. The SMILES string of the molecule is COc1ccc(F)cc1C(CN)c1cc(-c2ccccc2)nn1C. The summed E-state index contributed by atoms with van der Waals surface area (Å²) in [6.45, 7) is 0.327. The second kappa shape index (κ2) is 6.84. The average molecular weight is 325 g/mol. The molecule has 3 rings (SSSR count). The summed E-state index contributed by atoms with van der Waals surface area (Å²) in [6.07, 6.45) is 0. The highest BCUT2D eigenvalue weighted by molar-refractivity contribution is 5.60. The van der Waals surface area contributed by atoms with Crippen molar-refractivity contribution in [1.82, 2.24) is 9.78 Å². The van der Waals surface area contributed by atoms with Crippen LogP contribution in [0.5, 0.6) is 5.75 Å². The Morgan fingerprint density at radius 2 is 1.92 bits per heavy atom. The van der Waals surface area contributed by atoms with Crippen LogP contribution in [-0.4, -0.2) is 23.4 Å². The van der Waals surface area contributed by atoms with Crippen LogP contribution in [0.4, 0.5) is 4.39 Å². The summed E-state index contributed by atoms with van der Waals surface area (Å²) < 4.78 is 20.9. The highest BCUT2D eigenvalue weighted by Gasteiger charge is 2.22. The molecule has 0 fully saturated rings. The lowest BCUT2D eigenvalue weighted by molar-refractivity contribution is 0.405. The van der Waals surface area contributed by atoms with Crippen molar-refractivity contribution in [1.29, 1.82) is 0 Å². The normalized spacial score (nSPS) is 12.2. The number of methoxy groups -OCH3 is 1. The van der Waals surface area contributed by atoms with Gasteiger partial charge in [0.25, 0.3) is 0 Å². The number of aryl methyl sites for hydroxylation is 1. The minimum absolute atomic E-state index is 0.203. The summed E-state index contributed by atoms with van der Waals surface area (Å²) in [6, 6.07) is 16.4. The summed E-state index contributed by atoms with van der Waals surface area (Å²) in [7, 11) is 3.44.